The first-order chi connectivity index (χ1) is 13.8. The van der Waals surface area contributed by atoms with E-state index in [0.717, 1.165) is 40.6 Å². The molecule has 6 nitrogen and oxygen atoms in total. The second-order valence-corrected chi connectivity index (χ2v) is 9.32. The molecule has 2 amide bonds. The minimum Gasteiger partial charge on any atom is -0.321 e. The Hall–Kier alpha value is -2.38. The average Bonchev–Trinajstić information content (AvgIpc) is 2.73. The molecule has 0 aromatic heterocycles. The maximum atomic E-state index is 13.4. The predicted molar refractivity (Wildman–Crippen MR) is 114 cm³/mol. The van der Waals surface area contributed by atoms with Gasteiger partial charge in [-0.3, -0.25) is 0 Å². The largest absolute Gasteiger partial charge is 0.334 e. The van der Waals surface area contributed by atoms with E-state index in [1.54, 1.807) is 29.2 Å². The highest BCUT2D eigenvalue weighted by Gasteiger charge is 2.34. The number of sulfonamides is 1. The molecule has 0 atom stereocenters. The molecule has 1 aliphatic rings. The highest BCUT2D eigenvalue weighted by Crippen LogP contribution is 2.22. The number of aryl methyl sites for hydroxylation is 2. The molecule has 7 heteroatoms. The standard InChI is InChI=1S/C22H29N3O3S/c1-4-23-13-15-24(16-14-23)22(26)25(17-20-8-6-5-7-19(20)3)29(27,28)21-11-9-18(2)10-12-21/h5-12H,4,13-17H2,1-3H3. The summed E-state index contributed by atoms with van der Waals surface area (Å²) in [4.78, 5) is 17.4. The first-order valence-corrected chi connectivity index (χ1v) is 11.4. The molecule has 0 radical (unpaired) electrons. The van der Waals surface area contributed by atoms with Gasteiger partial charge < -0.3 is 9.80 Å². The molecule has 3 rings (SSSR count). The van der Waals surface area contributed by atoms with Gasteiger partial charge in [0.1, 0.15) is 0 Å². The van der Waals surface area contributed by atoms with Crippen molar-refractivity contribution in [2.45, 2.75) is 32.2 Å². The third-order valence-electron chi connectivity index (χ3n) is 5.49. The van der Waals surface area contributed by atoms with E-state index in [0.29, 0.717) is 13.1 Å². The summed E-state index contributed by atoms with van der Waals surface area (Å²) in [6, 6.07) is 13.8. The predicted octanol–water partition coefficient (Wildman–Crippen LogP) is 3.25. The average molecular weight is 416 g/mol. The van der Waals surface area contributed by atoms with Crippen molar-refractivity contribution in [1.29, 1.82) is 0 Å². The minimum absolute atomic E-state index is 0.0235. The molecule has 2 aromatic rings. The van der Waals surface area contributed by atoms with Crippen LogP contribution in [0.3, 0.4) is 0 Å². The molecule has 156 valence electrons. The van der Waals surface area contributed by atoms with Gasteiger partial charge in [-0.15, -0.1) is 0 Å². The molecule has 0 saturated carbocycles. The highest BCUT2D eigenvalue weighted by molar-refractivity contribution is 7.89. The summed E-state index contributed by atoms with van der Waals surface area (Å²) in [5, 5.41) is 0. The Balaban J connectivity index is 1.94. The molecule has 29 heavy (non-hydrogen) atoms. The third kappa shape index (κ3) is 4.79. The van der Waals surface area contributed by atoms with E-state index in [1.807, 2.05) is 38.1 Å². The van der Waals surface area contributed by atoms with Gasteiger partial charge in [0.25, 0.3) is 10.0 Å². The van der Waals surface area contributed by atoms with Crippen LogP contribution < -0.4 is 0 Å². The lowest BCUT2D eigenvalue weighted by atomic mass is 10.1. The van der Waals surface area contributed by atoms with Crippen molar-refractivity contribution in [2.24, 2.45) is 0 Å². The fourth-order valence-electron chi connectivity index (χ4n) is 3.45. The van der Waals surface area contributed by atoms with Gasteiger partial charge in [-0.1, -0.05) is 48.9 Å². The molecule has 0 bridgehead atoms. The SMILES string of the molecule is CCN1CCN(C(=O)N(Cc2ccccc2C)S(=O)(=O)c2ccc(C)cc2)CC1. The van der Waals surface area contributed by atoms with Gasteiger partial charge in [-0.2, -0.15) is 0 Å². The maximum Gasteiger partial charge on any atom is 0.334 e. The number of benzene rings is 2. The van der Waals surface area contributed by atoms with Crippen LogP contribution >= 0.6 is 0 Å². The van der Waals surface area contributed by atoms with Crippen LogP contribution in [0.1, 0.15) is 23.6 Å². The Morgan fingerprint density at radius 3 is 2.17 bits per heavy atom. The van der Waals surface area contributed by atoms with Crippen LogP contribution in [-0.4, -0.2) is 61.3 Å². The van der Waals surface area contributed by atoms with E-state index in [9.17, 15) is 13.2 Å². The molecule has 0 N–H and O–H groups in total. The minimum atomic E-state index is -3.97. The Kier molecular flexibility index (Phi) is 6.59. The number of likely N-dealkylation sites (N-methyl/N-ethyl adjacent to an activating group) is 1. The van der Waals surface area contributed by atoms with Crippen LogP contribution in [0, 0.1) is 13.8 Å². The monoisotopic (exact) mass is 415 g/mol. The lowest BCUT2D eigenvalue weighted by Gasteiger charge is -2.36. The van der Waals surface area contributed by atoms with E-state index >= 15 is 0 Å². The zero-order valence-electron chi connectivity index (χ0n) is 17.3. The molecule has 1 saturated heterocycles. The van der Waals surface area contributed by atoms with Crippen LogP contribution in [-0.2, 0) is 16.6 Å². The third-order valence-corrected chi connectivity index (χ3v) is 7.22. The Morgan fingerprint density at radius 2 is 1.59 bits per heavy atom. The molecular weight excluding hydrogens is 386 g/mol. The number of nitrogens with zero attached hydrogens (tertiary/aromatic N) is 3. The topological polar surface area (TPSA) is 60.9 Å². The lowest BCUT2D eigenvalue weighted by Crippen LogP contribution is -2.53. The zero-order valence-corrected chi connectivity index (χ0v) is 18.2. The Morgan fingerprint density at radius 1 is 0.966 bits per heavy atom. The van der Waals surface area contributed by atoms with Crippen molar-refractivity contribution in [3.05, 3.63) is 65.2 Å². The number of rotatable bonds is 5. The number of piperazine rings is 1. The molecular formula is C22H29N3O3S. The van der Waals surface area contributed by atoms with Gasteiger partial charge in [0.15, 0.2) is 0 Å². The van der Waals surface area contributed by atoms with Crippen LogP contribution in [0.4, 0.5) is 4.79 Å². The maximum absolute atomic E-state index is 13.4. The van der Waals surface area contributed by atoms with Crippen LogP contribution in [0.15, 0.2) is 53.4 Å². The van der Waals surface area contributed by atoms with Crippen molar-refractivity contribution >= 4 is 16.1 Å². The molecule has 2 aromatic carbocycles. The van der Waals surface area contributed by atoms with Gasteiger partial charge >= 0.3 is 6.03 Å². The summed E-state index contributed by atoms with van der Waals surface area (Å²) in [5.41, 5.74) is 2.75. The summed E-state index contributed by atoms with van der Waals surface area (Å²) >= 11 is 0. The Labute approximate surface area is 173 Å². The van der Waals surface area contributed by atoms with Crippen LogP contribution in [0.25, 0.3) is 0 Å². The lowest BCUT2D eigenvalue weighted by molar-refractivity contribution is 0.129. The first-order valence-electron chi connectivity index (χ1n) is 9.98. The normalized spacial score (nSPS) is 15.3. The van der Waals surface area contributed by atoms with Crippen molar-refractivity contribution in [2.75, 3.05) is 32.7 Å². The van der Waals surface area contributed by atoms with Crippen LogP contribution in [0.2, 0.25) is 0 Å². The molecule has 1 aliphatic heterocycles. The second kappa shape index (κ2) is 8.97. The molecule has 0 aliphatic carbocycles. The molecule has 0 spiro atoms. The highest BCUT2D eigenvalue weighted by atomic mass is 32.2. The van der Waals surface area contributed by atoms with Crippen LogP contribution in [0.5, 0.6) is 0 Å². The number of amides is 2. The van der Waals surface area contributed by atoms with E-state index in [4.69, 9.17) is 0 Å². The number of hydrogen-bond acceptors (Lipinski definition) is 4. The van der Waals surface area contributed by atoms with Crippen molar-refractivity contribution in [3.63, 3.8) is 0 Å². The van der Waals surface area contributed by atoms with E-state index in [1.165, 1.54) is 0 Å². The number of hydrogen-bond donors (Lipinski definition) is 0. The van der Waals surface area contributed by atoms with Crippen molar-refractivity contribution in [1.82, 2.24) is 14.1 Å². The number of carbonyl (C=O) groups is 1. The molecule has 1 fully saturated rings. The van der Waals surface area contributed by atoms with Gasteiger partial charge in [-0.25, -0.2) is 17.5 Å². The smallest absolute Gasteiger partial charge is 0.321 e. The fraction of sp³-hybridized carbons (Fsp3) is 0.409. The van der Waals surface area contributed by atoms with Gasteiger partial charge in [0, 0.05) is 26.2 Å². The summed E-state index contributed by atoms with van der Waals surface area (Å²) in [7, 11) is -3.97. The summed E-state index contributed by atoms with van der Waals surface area (Å²) < 4.78 is 27.9. The van der Waals surface area contributed by atoms with Crippen molar-refractivity contribution in [3.8, 4) is 0 Å². The summed E-state index contributed by atoms with van der Waals surface area (Å²) in [6.07, 6.45) is 0. The summed E-state index contributed by atoms with van der Waals surface area (Å²) in [6.45, 7) is 9.43. The zero-order chi connectivity index (χ0) is 21.0. The molecule has 0 unspecified atom stereocenters. The fourth-order valence-corrected chi connectivity index (χ4v) is 4.81. The van der Waals surface area contributed by atoms with Gasteiger partial charge in [0.05, 0.1) is 11.4 Å². The van der Waals surface area contributed by atoms with E-state index < -0.39 is 16.1 Å². The van der Waals surface area contributed by atoms with Crippen molar-refractivity contribution < 1.29 is 13.2 Å². The number of urea groups is 1. The first kappa shape index (κ1) is 21.3. The summed E-state index contributed by atoms with van der Waals surface area (Å²) in [5.74, 6) is 0. The van der Waals surface area contributed by atoms with Gasteiger partial charge in [-0.05, 0) is 43.7 Å². The van der Waals surface area contributed by atoms with E-state index in [-0.39, 0.29) is 11.4 Å². The quantitative estimate of drug-likeness (QED) is 0.752. The van der Waals surface area contributed by atoms with Gasteiger partial charge in [0.2, 0.25) is 0 Å². The second-order valence-electron chi connectivity index (χ2n) is 7.46. The number of carbonyl (C=O) groups excluding carboxylic acids is 1. The Bertz CT molecular complexity index is 950. The molecule has 1 heterocycles. The van der Waals surface area contributed by atoms with E-state index in [2.05, 4.69) is 11.8 Å².